The number of hydrogen-bond donors (Lipinski definition) is 0. The van der Waals surface area contributed by atoms with Crippen molar-refractivity contribution in [1.82, 2.24) is 0 Å². The summed E-state index contributed by atoms with van der Waals surface area (Å²) in [5, 5.41) is 0. The van der Waals surface area contributed by atoms with E-state index in [4.69, 9.17) is 4.99 Å². The highest BCUT2D eigenvalue weighted by Gasteiger charge is 2.26. The second kappa shape index (κ2) is 6.82. The van der Waals surface area contributed by atoms with Crippen molar-refractivity contribution in [2.45, 2.75) is 6.92 Å². The van der Waals surface area contributed by atoms with Crippen molar-refractivity contribution < 1.29 is 0 Å². The van der Waals surface area contributed by atoms with E-state index < -0.39 is 0 Å². The Labute approximate surface area is 165 Å². The third-order valence-electron chi connectivity index (χ3n) is 5.15. The molecule has 0 N–H and O–H groups in total. The van der Waals surface area contributed by atoms with Crippen molar-refractivity contribution in [2.75, 3.05) is 4.90 Å². The van der Waals surface area contributed by atoms with Gasteiger partial charge in [-0.25, -0.2) is 4.99 Å². The van der Waals surface area contributed by atoms with Crippen LogP contribution in [0.25, 0.3) is 11.1 Å². The summed E-state index contributed by atoms with van der Waals surface area (Å²) in [4.78, 5) is 7.45. The van der Waals surface area contributed by atoms with Gasteiger partial charge in [0.15, 0.2) is 0 Å². The second-order valence-electron chi connectivity index (χ2n) is 6.96. The van der Waals surface area contributed by atoms with Gasteiger partial charge in [0.1, 0.15) is 5.84 Å². The highest BCUT2D eigenvalue weighted by Crippen LogP contribution is 2.44. The van der Waals surface area contributed by atoms with Gasteiger partial charge >= 0.3 is 0 Å². The average molecular weight is 360 g/mol. The lowest BCUT2D eigenvalue weighted by atomic mass is 9.97. The van der Waals surface area contributed by atoms with Gasteiger partial charge in [0.25, 0.3) is 0 Å². The highest BCUT2D eigenvalue weighted by atomic mass is 15.2. The maximum atomic E-state index is 5.19. The Morgan fingerprint density at radius 3 is 2.11 bits per heavy atom. The Morgan fingerprint density at radius 1 is 0.643 bits per heavy atom. The first-order valence-corrected chi connectivity index (χ1v) is 9.51. The summed E-state index contributed by atoms with van der Waals surface area (Å²) in [5.74, 6) is 0.934. The zero-order chi connectivity index (χ0) is 18.9. The molecule has 2 nitrogen and oxygen atoms in total. The molecular formula is C26H20N2. The molecule has 1 aliphatic rings. The fraction of sp³-hybridized carbons (Fsp3) is 0.0385. The smallest absolute Gasteiger partial charge is 0.145 e. The van der Waals surface area contributed by atoms with E-state index in [-0.39, 0.29) is 0 Å². The molecule has 0 spiro atoms. The molecule has 0 saturated heterocycles. The van der Waals surface area contributed by atoms with Gasteiger partial charge in [-0.3, -0.25) is 4.90 Å². The molecule has 0 bridgehead atoms. The zero-order valence-electron chi connectivity index (χ0n) is 15.7. The summed E-state index contributed by atoms with van der Waals surface area (Å²) in [7, 11) is 0. The number of para-hydroxylation sites is 2. The minimum Gasteiger partial charge on any atom is -0.294 e. The molecule has 4 aromatic rings. The summed E-state index contributed by atoms with van der Waals surface area (Å²) in [5.41, 5.74) is 7.97. The summed E-state index contributed by atoms with van der Waals surface area (Å²) >= 11 is 0. The molecule has 0 radical (unpaired) electrons. The first-order chi connectivity index (χ1) is 13.8. The van der Waals surface area contributed by atoms with E-state index >= 15 is 0 Å². The number of hydrogen-bond acceptors (Lipinski definition) is 2. The van der Waals surface area contributed by atoms with Crippen LogP contribution in [0.3, 0.4) is 0 Å². The van der Waals surface area contributed by atoms with E-state index in [2.05, 4.69) is 103 Å². The van der Waals surface area contributed by atoms with Crippen LogP contribution in [0, 0.1) is 6.92 Å². The molecule has 0 saturated carbocycles. The number of nitrogens with zero attached hydrogens (tertiary/aromatic N) is 2. The maximum Gasteiger partial charge on any atom is 0.145 e. The number of benzene rings is 4. The van der Waals surface area contributed by atoms with Crippen LogP contribution in [0.1, 0.15) is 11.1 Å². The van der Waals surface area contributed by atoms with Gasteiger partial charge in [0.05, 0.1) is 11.4 Å². The number of amidine groups is 1. The Morgan fingerprint density at radius 2 is 1.32 bits per heavy atom. The van der Waals surface area contributed by atoms with Crippen molar-refractivity contribution in [3.05, 3.63) is 114 Å². The molecule has 28 heavy (non-hydrogen) atoms. The molecule has 0 aliphatic carbocycles. The van der Waals surface area contributed by atoms with Gasteiger partial charge in [-0.15, -0.1) is 0 Å². The monoisotopic (exact) mass is 360 g/mol. The quantitative estimate of drug-likeness (QED) is 0.380. The van der Waals surface area contributed by atoms with Crippen LogP contribution in [-0.4, -0.2) is 5.84 Å². The van der Waals surface area contributed by atoms with E-state index in [1.54, 1.807) is 0 Å². The third kappa shape index (κ3) is 2.71. The van der Waals surface area contributed by atoms with Gasteiger partial charge < -0.3 is 0 Å². The lowest BCUT2D eigenvalue weighted by Crippen LogP contribution is -2.26. The molecule has 1 heterocycles. The number of fused-ring (bicyclic) bond motifs is 3. The highest BCUT2D eigenvalue weighted by molar-refractivity contribution is 6.18. The lowest BCUT2D eigenvalue weighted by Gasteiger charge is -2.27. The molecule has 0 atom stereocenters. The van der Waals surface area contributed by atoms with Crippen LogP contribution >= 0.6 is 0 Å². The van der Waals surface area contributed by atoms with Gasteiger partial charge in [-0.1, -0.05) is 78.9 Å². The van der Waals surface area contributed by atoms with E-state index in [9.17, 15) is 0 Å². The van der Waals surface area contributed by atoms with E-state index in [0.717, 1.165) is 28.5 Å². The van der Waals surface area contributed by atoms with E-state index in [1.165, 1.54) is 16.7 Å². The van der Waals surface area contributed by atoms with Crippen molar-refractivity contribution >= 4 is 22.9 Å². The average Bonchev–Trinajstić information content (AvgIpc) is 2.90. The minimum absolute atomic E-state index is 0.934. The van der Waals surface area contributed by atoms with Crippen molar-refractivity contribution in [2.24, 2.45) is 4.99 Å². The number of anilines is 2. The largest absolute Gasteiger partial charge is 0.294 e. The third-order valence-corrected chi connectivity index (χ3v) is 5.15. The Bertz CT molecular complexity index is 1160. The molecule has 0 unspecified atom stereocenters. The van der Waals surface area contributed by atoms with Crippen LogP contribution in [-0.2, 0) is 0 Å². The van der Waals surface area contributed by atoms with Gasteiger partial charge in [0, 0.05) is 22.4 Å². The van der Waals surface area contributed by atoms with Crippen LogP contribution in [0.15, 0.2) is 108 Å². The molecule has 0 fully saturated rings. The molecule has 1 aliphatic heterocycles. The first-order valence-electron chi connectivity index (χ1n) is 9.51. The normalized spacial score (nSPS) is 12.6. The molecule has 5 rings (SSSR count). The number of rotatable bonds is 2. The fourth-order valence-electron chi connectivity index (χ4n) is 3.87. The van der Waals surface area contributed by atoms with Gasteiger partial charge in [-0.2, -0.15) is 0 Å². The predicted octanol–water partition coefficient (Wildman–Crippen LogP) is 6.89. The molecule has 0 aromatic heterocycles. The number of aliphatic imine (C=N–C) groups is 1. The Hall–Kier alpha value is -3.65. The number of aryl methyl sites for hydroxylation is 1. The van der Waals surface area contributed by atoms with Crippen LogP contribution in [0.4, 0.5) is 17.1 Å². The molecular weight excluding hydrogens is 340 g/mol. The Balaban J connectivity index is 1.88. The summed E-state index contributed by atoms with van der Waals surface area (Å²) in [6.07, 6.45) is 0. The first kappa shape index (κ1) is 16.5. The topological polar surface area (TPSA) is 15.6 Å². The van der Waals surface area contributed by atoms with Crippen LogP contribution in [0.5, 0.6) is 0 Å². The van der Waals surface area contributed by atoms with Crippen LogP contribution in [0.2, 0.25) is 0 Å². The summed E-state index contributed by atoms with van der Waals surface area (Å²) in [6, 6.07) is 35.8. The van der Waals surface area contributed by atoms with E-state index in [1.807, 2.05) is 12.1 Å². The minimum atomic E-state index is 0.934. The summed E-state index contributed by atoms with van der Waals surface area (Å²) in [6.45, 7) is 2.16. The second-order valence-corrected chi connectivity index (χ2v) is 6.96. The van der Waals surface area contributed by atoms with Crippen molar-refractivity contribution in [3.63, 3.8) is 0 Å². The lowest BCUT2D eigenvalue weighted by molar-refractivity contribution is 1.33. The van der Waals surface area contributed by atoms with Crippen molar-refractivity contribution in [1.29, 1.82) is 0 Å². The van der Waals surface area contributed by atoms with Gasteiger partial charge in [-0.05, 0) is 36.8 Å². The summed E-state index contributed by atoms with van der Waals surface area (Å²) < 4.78 is 0. The van der Waals surface area contributed by atoms with E-state index in [0.29, 0.717) is 0 Å². The maximum absolute atomic E-state index is 5.19. The van der Waals surface area contributed by atoms with Crippen LogP contribution < -0.4 is 4.90 Å². The SMILES string of the molecule is Cc1cccc2c1-c1ccccc1N(c1ccccc1)C(c1ccccc1)=N2. The molecule has 134 valence electrons. The zero-order valence-corrected chi connectivity index (χ0v) is 15.7. The predicted molar refractivity (Wildman–Crippen MR) is 118 cm³/mol. The molecule has 2 heteroatoms. The van der Waals surface area contributed by atoms with Crippen molar-refractivity contribution in [3.8, 4) is 11.1 Å². The Kier molecular flexibility index (Phi) is 4.02. The molecule has 0 amide bonds. The van der Waals surface area contributed by atoms with Gasteiger partial charge in [0.2, 0.25) is 0 Å². The molecule has 4 aromatic carbocycles. The fourth-order valence-corrected chi connectivity index (χ4v) is 3.87. The standard InChI is InChI=1S/C26H20N2/c1-19-11-10-17-23-25(19)22-16-8-9-18-24(22)28(21-14-6-3-7-15-21)26(27-23)20-12-4-2-5-13-20/h2-18H,1H3.